The van der Waals surface area contributed by atoms with Gasteiger partial charge in [-0.15, -0.1) is 0 Å². The molecule has 1 aliphatic rings. The van der Waals surface area contributed by atoms with Gasteiger partial charge in [0.2, 0.25) is 5.91 Å². The van der Waals surface area contributed by atoms with Crippen molar-refractivity contribution in [2.75, 3.05) is 18.1 Å². The molecule has 1 aliphatic heterocycles. The molecule has 0 bridgehead atoms. The lowest BCUT2D eigenvalue weighted by molar-refractivity contribution is -0.119. The highest BCUT2D eigenvalue weighted by molar-refractivity contribution is 6.34. The van der Waals surface area contributed by atoms with Crippen molar-refractivity contribution >= 4 is 34.8 Å². The van der Waals surface area contributed by atoms with Crippen LogP contribution in [0.15, 0.2) is 36.4 Å². The van der Waals surface area contributed by atoms with Crippen molar-refractivity contribution in [1.82, 2.24) is 0 Å². The number of benzene rings is 2. The minimum absolute atomic E-state index is 0.0447. The van der Waals surface area contributed by atoms with E-state index in [0.29, 0.717) is 35.8 Å². The van der Waals surface area contributed by atoms with Gasteiger partial charge >= 0.3 is 0 Å². The number of hydrogen-bond donors (Lipinski definition) is 0. The number of ether oxygens (including phenoxy) is 2. The van der Waals surface area contributed by atoms with E-state index in [0.717, 1.165) is 16.9 Å². The van der Waals surface area contributed by atoms with E-state index in [2.05, 4.69) is 0 Å². The largest absolute Gasteiger partial charge is 0.497 e. The average molecular weight is 366 g/mol. The minimum Gasteiger partial charge on any atom is -0.497 e. The molecule has 0 radical (unpaired) electrons. The molecule has 0 N–H and O–H groups in total. The summed E-state index contributed by atoms with van der Waals surface area (Å²) in [5.74, 6) is 1.50. The molecule has 1 amide bonds. The summed E-state index contributed by atoms with van der Waals surface area (Å²) >= 11 is 12.1. The maximum Gasteiger partial charge on any atom is 0.227 e. The first-order chi connectivity index (χ1) is 11.6. The van der Waals surface area contributed by atoms with E-state index < -0.39 is 0 Å². The Bertz CT molecular complexity index is 747. The van der Waals surface area contributed by atoms with Gasteiger partial charge < -0.3 is 14.4 Å². The monoisotopic (exact) mass is 365 g/mol. The molecule has 24 heavy (non-hydrogen) atoms. The molecular weight excluding hydrogens is 349 g/mol. The van der Waals surface area contributed by atoms with Crippen LogP contribution in [-0.2, 0) is 17.8 Å². The summed E-state index contributed by atoms with van der Waals surface area (Å²) in [5, 5.41) is 0.536. The normalized spacial score (nSPS) is 13.6. The van der Waals surface area contributed by atoms with Crippen LogP contribution in [0.25, 0.3) is 0 Å². The van der Waals surface area contributed by atoms with E-state index in [4.69, 9.17) is 32.7 Å². The molecule has 3 rings (SSSR count). The van der Waals surface area contributed by atoms with Gasteiger partial charge in [-0.1, -0.05) is 35.3 Å². The number of anilines is 1. The summed E-state index contributed by atoms with van der Waals surface area (Å²) in [5.41, 5.74) is 2.64. The number of carbonyl (C=O) groups is 1. The summed E-state index contributed by atoms with van der Waals surface area (Å²) in [7, 11) is 1.62. The Morgan fingerprint density at radius 3 is 2.54 bits per heavy atom. The van der Waals surface area contributed by atoms with Crippen LogP contribution in [0.2, 0.25) is 5.02 Å². The smallest absolute Gasteiger partial charge is 0.227 e. The van der Waals surface area contributed by atoms with Gasteiger partial charge in [-0.25, -0.2) is 0 Å². The van der Waals surface area contributed by atoms with Crippen LogP contribution in [0.1, 0.15) is 17.5 Å². The number of alkyl halides is 1. The van der Waals surface area contributed by atoms with Crippen molar-refractivity contribution in [3.63, 3.8) is 0 Å². The molecule has 1 heterocycles. The van der Waals surface area contributed by atoms with Crippen LogP contribution in [-0.4, -0.2) is 19.1 Å². The van der Waals surface area contributed by atoms with Gasteiger partial charge in [0.1, 0.15) is 11.5 Å². The lowest BCUT2D eigenvalue weighted by Gasteiger charge is -2.31. The molecule has 0 unspecified atom stereocenters. The Balaban J connectivity index is 1.96. The van der Waals surface area contributed by atoms with Gasteiger partial charge in [0.25, 0.3) is 0 Å². The molecule has 4 nitrogen and oxygen atoms in total. The Kier molecular flexibility index (Phi) is 5.17. The molecule has 2 aromatic carbocycles. The highest BCUT2D eigenvalue weighted by atomic mass is 35.5. The lowest BCUT2D eigenvalue weighted by atomic mass is 9.99. The van der Waals surface area contributed by atoms with Crippen molar-refractivity contribution in [2.24, 2.45) is 0 Å². The zero-order valence-corrected chi connectivity index (χ0v) is 14.7. The summed E-state index contributed by atoms with van der Waals surface area (Å²) in [6.07, 6.45) is 1.02. The summed E-state index contributed by atoms with van der Waals surface area (Å²) in [6.45, 7) is 0.444. The fourth-order valence-electron chi connectivity index (χ4n) is 2.89. The molecule has 2 aromatic rings. The SMILES string of the molecule is COc1ccc(CN2C(=O)CCc3c(OCCl)ccc(Cl)c32)cc1. The van der Waals surface area contributed by atoms with Crippen LogP contribution >= 0.6 is 23.2 Å². The first kappa shape index (κ1) is 16.9. The van der Waals surface area contributed by atoms with Gasteiger partial charge in [0, 0.05) is 12.0 Å². The molecule has 0 spiro atoms. The topological polar surface area (TPSA) is 38.8 Å². The van der Waals surface area contributed by atoms with Crippen molar-refractivity contribution in [2.45, 2.75) is 19.4 Å². The fourth-order valence-corrected chi connectivity index (χ4v) is 3.29. The Hall–Kier alpha value is -1.91. The number of methoxy groups -OCH3 is 1. The van der Waals surface area contributed by atoms with Gasteiger partial charge in [-0.05, 0) is 36.2 Å². The highest BCUT2D eigenvalue weighted by Crippen LogP contribution is 2.41. The predicted molar refractivity (Wildman–Crippen MR) is 95.3 cm³/mol. The number of carbonyl (C=O) groups excluding carboxylic acids is 1. The molecule has 0 saturated heterocycles. The number of amides is 1. The van der Waals surface area contributed by atoms with Crippen LogP contribution in [0, 0.1) is 0 Å². The van der Waals surface area contributed by atoms with Gasteiger partial charge in [0.15, 0.2) is 6.07 Å². The van der Waals surface area contributed by atoms with Crippen molar-refractivity contribution < 1.29 is 14.3 Å². The first-order valence-electron chi connectivity index (χ1n) is 7.57. The number of fused-ring (bicyclic) bond motifs is 1. The summed E-state index contributed by atoms with van der Waals surface area (Å²) in [4.78, 5) is 14.2. The zero-order chi connectivity index (χ0) is 17.1. The van der Waals surface area contributed by atoms with Crippen LogP contribution in [0.3, 0.4) is 0 Å². The molecule has 0 aromatic heterocycles. The second kappa shape index (κ2) is 7.32. The van der Waals surface area contributed by atoms with E-state index in [1.165, 1.54) is 0 Å². The molecule has 126 valence electrons. The maximum absolute atomic E-state index is 12.5. The van der Waals surface area contributed by atoms with E-state index in [9.17, 15) is 4.79 Å². The van der Waals surface area contributed by atoms with Crippen molar-refractivity contribution in [3.8, 4) is 11.5 Å². The zero-order valence-electron chi connectivity index (χ0n) is 13.2. The Morgan fingerprint density at radius 2 is 1.88 bits per heavy atom. The van der Waals surface area contributed by atoms with Crippen molar-refractivity contribution in [3.05, 3.63) is 52.5 Å². The van der Waals surface area contributed by atoms with Crippen molar-refractivity contribution in [1.29, 1.82) is 0 Å². The van der Waals surface area contributed by atoms with Gasteiger partial charge in [-0.2, -0.15) is 0 Å². The first-order valence-corrected chi connectivity index (χ1v) is 8.48. The molecule has 0 saturated carbocycles. The second-order valence-electron chi connectivity index (χ2n) is 5.45. The number of nitrogens with zero attached hydrogens (tertiary/aromatic N) is 1. The molecule has 0 fully saturated rings. The third-order valence-corrected chi connectivity index (χ3v) is 4.47. The van der Waals surface area contributed by atoms with E-state index >= 15 is 0 Å². The summed E-state index contributed by atoms with van der Waals surface area (Å²) < 4.78 is 10.6. The number of hydrogen-bond acceptors (Lipinski definition) is 3. The Morgan fingerprint density at radius 1 is 1.12 bits per heavy atom. The van der Waals surface area contributed by atoms with Crippen LogP contribution < -0.4 is 14.4 Å². The Labute approximate surface area is 150 Å². The maximum atomic E-state index is 12.5. The third kappa shape index (κ3) is 3.30. The minimum atomic E-state index is 0.0447. The van der Waals surface area contributed by atoms with Crippen LogP contribution in [0.4, 0.5) is 5.69 Å². The van der Waals surface area contributed by atoms with E-state index in [1.54, 1.807) is 24.1 Å². The third-order valence-electron chi connectivity index (χ3n) is 4.06. The number of rotatable bonds is 5. The molecular formula is C18H17Cl2NO3. The summed E-state index contributed by atoms with van der Waals surface area (Å²) in [6, 6.07) is 11.2. The quantitative estimate of drug-likeness (QED) is 0.736. The average Bonchev–Trinajstić information content (AvgIpc) is 2.60. The fraction of sp³-hybridized carbons (Fsp3) is 0.278. The standard InChI is InChI=1S/C18H17Cl2NO3/c1-23-13-4-2-12(3-5-13)10-21-17(22)9-6-14-16(24-11-19)8-7-15(20)18(14)21/h2-5,7-8H,6,9-11H2,1H3. The van der Waals surface area contributed by atoms with Gasteiger partial charge in [0.05, 0.1) is 24.4 Å². The number of halogens is 2. The van der Waals surface area contributed by atoms with E-state index in [1.807, 2.05) is 24.3 Å². The second-order valence-corrected chi connectivity index (χ2v) is 6.08. The predicted octanol–water partition coefficient (Wildman–Crippen LogP) is 4.40. The lowest BCUT2D eigenvalue weighted by Crippen LogP contribution is -2.35. The molecule has 6 heteroatoms. The molecule has 0 atom stereocenters. The highest BCUT2D eigenvalue weighted by Gasteiger charge is 2.29. The van der Waals surface area contributed by atoms with E-state index in [-0.39, 0.29) is 12.0 Å². The molecule has 0 aliphatic carbocycles. The van der Waals surface area contributed by atoms with Gasteiger partial charge in [-0.3, -0.25) is 4.79 Å². The van der Waals surface area contributed by atoms with Crippen LogP contribution in [0.5, 0.6) is 11.5 Å².